The molecule has 0 amide bonds. The SMILES string of the molecule is CN(C)CCSC(=N)N. The van der Waals surface area contributed by atoms with Crippen LogP contribution in [0.5, 0.6) is 0 Å². The molecule has 0 atom stereocenters. The lowest BCUT2D eigenvalue weighted by atomic mass is 10.7. The minimum absolute atomic E-state index is 0.205. The normalized spacial score (nSPS) is 10.1. The molecule has 0 saturated heterocycles. The average molecular weight is 147 g/mol. The third kappa shape index (κ3) is 7.78. The summed E-state index contributed by atoms with van der Waals surface area (Å²) >= 11 is 1.38. The van der Waals surface area contributed by atoms with Crippen LogP contribution in [0.3, 0.4) is 0 Å². The van der Waals surface area contributed by atoms with Gasteiger partial charge in [-0.15, -0.1) is 0 Å². The van der Waals surface area contributed by atoms with Gasteiger partial charge in [-0.2, -0.15) is 0 Å². The smallest absolute Gasteiger partial charge is 0.151 e. The molecule has 0 heterocycles. The second kappa shape index (κ2) is 4.64. The molecule has 0 bridgehead atoms. The molecule has 0 aliphatic heterocycles. The lowest BCUT2D eigenvalue weighted by Crippen LogP contribution is -2.17. The van der Waals surface area contributed by atoms with Crippen LogP contribution in [0, 0.1) is 5.41 Å². The highest BCUT2D eigenvalue weighted by molar-refractivity contribution is 8.13. The van der Waals surface area contributed by atoms with Crippen molar-refractivity contribution in [2.45, 2.75) is 0 Å². The summed E-state index contributed by atoms with van der Waals surface area (Å²) in [6.45, 7) is 0.976. The third-order valence-corrected chi connectivity index (χ3v) is 1.49. The van der Waals surface area contributed by atoms with Gasteiger partial charge >= 0.3 is 0 Å². The van der Waals surface area contributed by atoms with E-state index in [0.717, 1.165) is 12.3 Å². The number of nitrogens with zero attached hydrogens (tertiary/aromatic N) is 1. The number of thioether (sulfide) groups is 1. The molecule has 0 aromatic carbocycles. The molecule has 0 aromatic heterocycles. The van der Waals surface area contributed by atoms with Crippen LogP contribution >= 0.6 is 11.8 Å². The van der Waals surface area contributed by atoms with Crippen LogP contribution in [0.15, 0.2) is 0 Å². The van der Waals surface area contributed by atoms with E-state index in [9.17, 15) is 0 Å². The largest absolute Gasteiger partial charge is 0.379 e. The molecule has 0 unspecified atom stereocenters. The van der Waals surface area contributed by atoms with E-state index in [1.54, 1.807) is 0 Å². The summed E-state index contributed by atoms with van der Waals surface area (Å²) in [6.07, 6.45) is 0. The highest BCUT2D eigenvalue weighted by atomic mass is 32.2. The van der Waals surface area contributed by atoms with Crippen molar-refractivity contribution in [2.24, 2.45) is 5.73 Å². The fourth-order valence-corrected chi connectivity index (χ4v) is 1.01. The van der Waals surface area contributed by atoms with Crippen molar-refractivity contribution in [3.8, 4) is 0 Å². The van der Waals surface area contributed by atoms with Crippen molar-refractivity contribution in [3.05, 3.63) is 0 Å². The molecule has 4 heteroatoms. The maximum Gasteiger partial charge on any atom is 0.151 e. The molecular formula is C5H13N3S. The van der Waals surface area contributed by atoms with Gasteiger partial charge in [-0.05, 0) is 14.1 Å². The zero-order valence-corrected chi connectivity index (χ0v) is 6.66. The van der Waals surface area contributed by atoms with Crippen LogP contribution in [-0.2, 0) is 0 Å². The number of nitrogens with two attached hydrogens (primary N) is 1. The second-order valence-electron chi connectivity index (χ2n) is 2.02. The lowest BCUT2D eigenvalue weighted by molar-refractivity contribution is 0.437. The Morgan fingerprint density at radius 1 is 1.67 bits per heavy atom. The van der Waals surface area contributed by atoms with Gasteiger partial charge in [-0.3, -0.25) is 5.41 Å². The first-order valence-electron chi connectivity index (χ1n) is 2.74. The van der Waals surface area contributed by atoms with Crippen molar-refractivity contribution in [3.63, 3.8) is 0 Å². The molecule has 0 aromatic rings. The molecule has 3 N–H and O–H groups in total. The van der Waals surface area contributed by atoms with Crippen LogP contribution in [0.4, 0.5) is 0 Å². The van der Waals surface area contributed by atoms with Crippen molar-refractivity contribution in [1.82, 2.24) is 4.90 Å². The predicted octanol–water partition coefficient (Wildman–Crippen LogP) is 0.175. The summed E-state index contributed by atoms with van der Waals surface area (Å²) in [6, 6.07) is 0. The van der Waals surface area contributed by atoms with E-state index in [1.807, 2.05) is 14.1 Å². The number of hydrogen-bond donors (Lipinski definition) is 2. The summed E-state index contributed by atoms with van der Waals surface area (Å²) in [7, 11) is 4.00. The Balaban J connectivity index is 3.01. The monoisotopic (exact) mass is 147 g/mol. The number of hydrogen-bond acceptors (Lipinski definition) is 3. The first-order chi connectivity index (χ1) is 4.13. The van der Waals surface area contributed by atoms with E-state index in [0.29, 0.717) is 0 Å². The second-order valence-corrected chi connectivity index (χ2v) is 3.15. The molecule has 0 spiro atoms. The Kier molecular flexibility index (Phi) is 4.53. The van der Waals surface area contributed by atoms with E-state index in [1.165, 1.54) is 11.8 Å². The maximum atomic E-state index is 6.86. The first-order valence-corrected chi connectivity index (χ1v) is 3.73. The highest BCUT2D eigenvalue weighted by Gasteiger charge is 1.91. The summed E-state index contributed by atoms with van der Waals surface area (Å²) in [5, 5.41) is 7.07. The zero-order chi connectivity index (χ0) is 7.28. The highest BCUT2D eigenvalue weighted by Crippen LogP contribution is 1.96. The quantitative estimate of drug-likeness (QED) is 0.442. The van der Waals surface area contributed by atoms with Crippen LogP contribution in [0.1, 0.15) is 0 Å². The summed E-state index contributed by atoms with van der Waals surface area (Å²) < 4.78 is 0. The van der Waals surface area contributed by atoms with Crippen LogP contribution in [0.2, 0.25) is 0 Å². The third-order valence-electron chi connectivity index (χ3n) is 0.796. The van der Waals surface area contributed by atoms with Gasteiger partial charge in [0.15, 0.2) is 5.17 Å². The summed E-state index contributed by atoms with van der Waals surface area (Å²) in [5.74, 6) is 0.905. The fourth-order valence-electron chi connectivity index (χ4n) is 0.338. The molecule has 0 radical (unpaired) electrons. The summed E-state index contributed by atoms with van der Waals surface area (Å²) in [5.41, 5.74) is 5.11. The van der Waals surface area contributed by atoms with Gasteiger partial charge in [0.05, 0.1) is 0 Å². The van der Waals surface area contributed by atoms with E-state index >= 15 is 0 Å². The summed E-state index contributed by atoms with van der Waals surface area (Å²) in [4.78, 5) is 2.07. The number of rotatable bonds is 3. The standard InChI is InChI=1S/C5H13N3S/c1-8(2)3-4-9-5(6)7/h3-4H2,1-2H3,(H3,6,7). The number of nitrogens with one attached hydrogen (secondary N) is 1. The van der Waals surface area contributed by atoms with Crippen LogP contribution in [0.25, 0.3) is 0 Å². The van der Waals surface area contributed by atoms with Gasteiger partial charge in [0.1, 0.15) is 0 Å². The fraction of sp³-hybridized carbons (Fsp3) is 0.800. The Bertz CT molecular complexity index is 92.2. The van der Waals surface area contributed by atoms with Gasteiger partial charge < -0.3 is 10.6 Å². The molecule has 0 aliphatic rings. The van der Waals surface area contributed by atoms with E-state index in [2.05, 4.69) is 4.90 Å². The Morgan fingerprint density at radius 2 is 2.22 bits per heavy atom. The molecule has 0 rings (SSSR count). The van der Waals surface area contributed by atoms with E-state index in [-0.39, 0.29) is 5.17 Å². The zero-order valence-electron chi connectivity index (χ0n) is 5.85. The average Bonchev–Trinajstić information content (AvgIpc) is 1.63. The molecule has 0 fully saturated rings. The van der Waals surface area contributed by atoms with Gasteiger partial charge in [-0.1, -0.05) is 11.8 Å². The topological polar surface area (TPSA) is 53.1 Å². The minimum atomic E-state index is 0.205. The van der Waals surface area contributed by atoms with Crippen molar-refractivity contribution < 1.29 is 0 Å². The van der Waals surface area contributed by atoms with E-state index < -0.39 is 0 Å². The molecular weight excluding hydrogens is 134 g/mol. The van der Waals surface area contributed by atoms with Crippen molar-refractivity contribution in [1.29, 1.82) is 5.41 Å². The molecule has 0 aliphatic carbocycles. The Labute approximate surface area is 60.1 Å². The molecule has 9 heavy (non-hydrogen) atoms. The van der Waals surface area contributed by atoms with Crippen LogP contribution in [-0.4, -0.2) is 36.5 Å². The Morgan fingerprint density at radius 3 is 2.56 bits per heavy atom. The van der Waals surface area contributed by atoms with Crippen molar-refractivity contribution >= 4 is 16.9 Å². The predicted molar refractivity (Wildman–Crippen MR) is 42.9 cm³/mol. The van der Waals surface area contributed by atoms with Crippen LogP contribution < -0.4 is 5.73 Å². The van der Waals surface area contributed by atoms with Gasteiger partial charge in [0.2, 0.25) is 0 Å². The lowest BCUT2D eigenvalue weighted by Gasteiger charge is -2.06. The minimum Gasteiger partial charge on any atom is -0.379 e. The van der Waals surface area contributed by atoms with Crippen molar-refractivity contribution in [2.75, 3.05) is 26.4 Å². The van der Waals surface area contributed by atoms with Gasteiger partial charge in [0, 0.05) is 12.3 Å². The Hall–Kier alpha value is -0.220. The molecule has 0 saturated carbocycles. The maximum absolute atomic E-state index is 6.86. The first kappa shape index (κ1) is 8.78. The van der Waals surface area contributed by atoms with E-state index in [4.69, 9.17) is 11.1 Å². The van der Waals surface area contributed by atoms with Gasteiger partial charge in [0.25, 0.3) is 0 Å². The molecule has 3 nitrogen and oxygen atoms in total. The number of amidine groups is 1. The van der Waals surface area contributed by atoms with Gasteiger partial charge in [-0.25, -0.2) is 0 Å². The molecule has 54 valence electrons.